The number of nitrogens with one attached hydrogen (secondary N) is 1. The zero-order valence-electron chi connectivity index (χ0n) is 12.3. The number of carbonyl (C=O) groups excluding carboxylic acids is 1. The van der Waals surface area contributed by atoms with Crippen LogP contribution in [-0.2, 0) is 9.59 Å². The van der Waals surface area contributed by atoms with E-state index in [-0.39, 0.29) is 24.5 Å². The average Bonchev–Trinajstić information content (AvgIpc) is 2.40. The largest absolute Gasteiger partial charge is 0.484 e. The van der Waals surface area contributed by atoms with E-state index in [2.05, 4.69) is 19.2 Å². The lowest BCUT2D eigenvalue weighted by Gasteiger charge is -2.32. The number of rotatable bonds is 6. The van der Waals surface area contributed by atoms with Crippen LogP contribution in [0.4, 0.5) is 0 Å². The Morgan fingerprint density at radius 2 is 1.90 bits per heavy atom. The second-order valence-corrected chi connectivity index (χ2v) is 5.78. The molecule has 5 heteroatoms. The Bertz CT molecular complexity index is 504. The molecule has 114 valence electrons. The predicted molar refractivity (Wildman–Crippen MR) is 78.3 cm³/mol. The Kier molecular flexibility index (Phi) is 4.83. The molecule has 1 aliphatic carbocycles. The maximum absolute atomic E-state index is 11.7. The number of aliphatic carboxylic acids is 1. The summed E-state index contributed by atoms with van der Waals surface area (Å²) in [6, 6.07) is 7.65. The zero-order chi connectivity index (χ0) is 15.4. The smallest absolute Gasteiger partial charge is 0.306 e. The zero-order valence-corrected chi connectivity index (χ0v) is 12.3. The number of hydrogen-bond donors (Lipinski definition) is 2. The van der Waals surface area contributed by atoms with Gasteiger partial charge >= 0.3 is 5.97 Å². The lowest BCUT2D eigenvalue weighted by atomic mass is 9.80. The summed E-state index contributed by atoms with van der Waals surface area (Å²) < 4.78 is 5.42. The van der Waals surface area contributed by atoms with Gasteiger partial charge in [-0.1, -0.05) is 26.0 Å². The van der Waals surface area contributed by atoms with Crippen LogP contribution < -0.4 is 10.1 Å². The summed E-state index contributed by atoms with van der Waals surface area (Å²) in [5, 5.41) is 11.5. The minimum atomic E-state index is -0.790. The van der Waals surface area contributed by atoms with Gasteiger partial charge in [-0.15, -0.1) is 0 Å². The molecule has 1 aromatic rings. The lowest BCUT2D eigenvalue weighted by molar-refractivity contribution is -0.146. The summed E-state index contributed by atoms with van der Waals surface area (Å²) in [7, 11) is 0. The van der Waals surface area contributed by atoms with Crippen LogP contribution in [0.1, 0.15) is 38.2 Å². The molecule has 1 fully saturated rings. The fourth-order valence-electron chi connectivity index (χ4n) is 2.30. The highest BCUT2D eigenvalue weighted by molar-refractivity contribution is 5.78. The minimum Gasteiger partial charge on any atom is -0.484 e. The van der Waals surface area contributed by atoms with Crippen LogP contribution in [0.3, 0.4) is 0 Å². The van der Waals surface area contributed by atoms with Gasteiger partial charge in [-0.2, -0.15) is 0 Å². The second-order valence-electron chi connectivity index (χ2n) is 5.78. The SMILES string of the molecule is CC(C)c1ccc(OCC(=O)NC2CC(C(=O)O)C2)cc1. The van der Waals surface area contributed by atoms with Gasteiger partial charge in [0.2, 0.25) is 0 Å². The van der Waals surface area contributed by atoms with E-state index in [4.69, 9.17) is 9.84 Å². The van der Waals surface area contributed by atoms with E-state index < -0.39 is 5.97 Å². The summed E-state index contributed by atoms with van der Waals surface area (Å²) in [4.78, 5) is 22.3. The van der Waals surface area contributed by atoms with Crippen molar-refractivity contribution in [2.24, 2.45) is 5.92 Å². The molecule has 0 aliphatic heterocycles. The molecule has 2 rings (SSSR count). The maximum atomic E-state index is 11.7. The van der Waals surface area contributed by atoms with E-state index in [0.717, 1.165) is 0 Å². The van der Waals surface area contributed by atoms with E-state index in [1.807, 2.05) is 24.3 Å². The molecule has 0 spiro atoms. The highest BCUT2D eigenvalue weighted by Gasteiger charge is 2.35. The number of carboxylic acid groups (broad SMARTS) is 1. The molecule has 0 radical (unpaired) electrons. The highest BCUT2D eigenvalue weighted by Crippen LogP contribution is 2.27. The van der Waals surface area contributed by atoms with Crippen molar-refractivity contribution in [2.45, 2.75) is 38.6 Å². The Labute approximate surface area is 124 Å². The van der Waals surface area contributed by atoms with Gasteiger partial charge in [-0.3, -0.25) is 9.59 Å². The quantitative estimate of drug-likeness (QED) is 0.842. The number of carboxylic acids is 1. The van der Waals surface area contributed by atoms with Gasteiger partial charge in [0.25, 0.3) is 5.91 Å². The molecular formula is C16H21NO4. The second kappa shape index (κ2) is 6.61. The lowest BCUT2D eigenvalue weighted by Crippen LogP contribution is -2.48. The average molecular weight is 291 g/mol. The molecule has 1 aliphatic rings. The van der Waals surface area contributed by atoms with Gasteiger partial charge in [0.05, 0.1) is 5.92 Å². The molecule has 0 bridgehead atoms. The Morgan fingerprint density at radius 3 is 2.43 bits per heavy atom. The van der Waals surface area contributed by atoms with Crippen LogP contribution >= 0.6 is 0 Å². The van der Waals surface area contributed by atoms with Crippen LogP contribution in [0, 0.1) is 5.92 Å². The van der Waals surface area contributed by atoms with Crippen molar-refractivity contribution in [2.75, 3.05) is 6.61 Å². The molecule has 0 atom stereocenters. The molecule has 1 aromatic carbocycles. The summed E-state index contributed by atoms with van der Waals surface area (Å²) in [5.41, 5.74) is 1.22. The van der Waals surface area contributed by atoms with Crippen LogP contribution in [-0.4, -0.2) is 29.6 Å². The Hall–Kier alpha value is -2.04. The van der Waals surface area contributed by atoms with Crippen LogP contribution in [0.5, 0.6) is 5.75 Å². The van der Waals surface area contributed by atoms with E-state index in [1.54, 1.807) is 0 Å². The van der Waals surface area contributed by atoms with Gasteiger partial charge in [-0.05, 0) is 36.5 Å². The molecule has 1 amide bonds. The van der Waals surface area contributed by atoms with E-state index in [1.165, 1.54) is 5.56 Å². The predicted octanol–water partition coefficient (Wildman–Crippen LogP) is 2.17. The van der Waals surface area contributed by atoms with Gasteiger partial charge in [0.1, 0.15) is 5.75 Å². The van der Waals surface area contributed by atoms with E-state index in [0.29, 0.717) is 24.5 Å². The maximum Gasteiger partial charge on any atom is 0.306 e. The molecule has 0 saturated heterocycles. The summed E-state index contributed by atoms with van der Waals surface area (Å²) in [5.74, 6) is -0.201. The standard InChI is InChI=1S/C16H21NO4/c1-10(2)11-3-5-14(6-4-11)21-9-15(18)17-13-7-12(8-13)16(19)20/h3-6,10,12-13H,7-9H2,1-2H3,(H,17,18)(H,19,20). The van der Waals surface area contributed by atoms with Gasteiger partial charge in [0.15, 0.2) is 6.61 Å². The summed E-state index contributed by atoms with van der Waals surface area (Å²) in [6.45, 7) is 4.19. The van der Waals surface area contributed by atoms with Crippen molar-refractivity contribution in [1.82, 2.24) is 5.32 Å². The molecular weight excluding hydrogens is 270 g/mol. The number of benzene rings is 1. The van der Waals surface area contributed by atoms with Crippen molar-refractivity contribution in [3.63, 3.8) is 0 Å². The first-order valence-corrected chi connectivity index (χ1v) is 7.20. The summed E-state index contributed by atoms with van der Waals surface area (Å²) >= 11 is 0. The van der Waals surface area contributed by atoms with Crippen molar-refractivity contribution in [1.29, 1.82) is 0 Å². The molecule has 2 N–H and O–H groups in total. The first-order valence-electron chi connectivity index (χ1n) is 7.20. The molecule has 21 heavy (non-hydrogen) atoms. The molecule has 0 aromatic heterocycles. The van der Waals surface area contributed by atoms with Gasteiger partial charge in [0, 0.05) is 6.04 Å². The van der Waals surface area contributed by atoms with Crippen LogP contribution in [0.15, 0.2) is 24.3 Å². The van der Waals surface area contributed by atoms with Gasteiger partial charge in [-0.25, -0.2) is 0 Å². The number of ether oxygens (including phenoxy) is 1. The minimum absolute atomic E-state index is 0.0366. The third-order valence-corrected chi connectivity index (χ3v) is 3.77. The molecule has 5 nitrogen and oxygen atoms in total. The van der Waals surface area contributed by atoms with Gasteiger partial charge < -0.3 is 15.2 Å². The Morgan fingerprint density at radius 1 is 1.29 bits per heavy atom. The summed E-state index contributed by atoms with van der Waals surface area (Å²) in [6.07, 6.45) is 1.01. The molecule has 0 heterocycles. The van der Waals surface area contributed by atoms with Crippen molar-refractivity contribution in [3.05, 3.63) is 29.8 Å². The van der Waals surface area contributed by atoms with Crippen LogP contribution in [0.25, 0.3) is 0 Å². The number of carbonyl (C=O) groups is 2. The van der Waals surface area contributed by atoms with E-state index >= 15 is 0 Å². The third kappa shape index (κ3) is 4.21. The van der Waals surface area contributed by atoms with Crippen LogP contribution in [0.2, 0.25) is 0 Å². The van der Waals surface area contributed by atoms with Crippen molar-refractivity contribution in [3.8, 4) is 5.75 Å². The first kappa shape index (κ1) is 15.4. The fraction of sp³-hybridized carbons (Fsp3) is 0.500. The van der Waals surface area contributed by atoms with Crippen molar-refractivity contribution < 1.29 is 19.4 Å². The monoisotopic (exact) mass is 291 g/mol. The topological polar surface area (TPSA) is 75.6 Å². The number of hydrogen-bond acceptors (Lipinski definition) is 3. The number of amides is 1. The third-order valence-electron chi connectivity index (χ3n) is 3.77. The molecule has 0 unspecified atom stereocenters. The fourth-order valence-corrected chi connectivity index (χ4v) is 2.30. The first-order chi connectivity index (χ1) is 9.95. The Balaban J connectivity index is 1.71. The van der Waals surface area contributed by atoms with Crippen molar-refractivity contribution >= 4 is 11.9 Å². The normalized spacial score (nSPS) is 20.7. The van der Waals surface area contributed by atoms with E-state index in [9.17, 15) is 9.59 Å². The molecule has 1 saturated carbocycles. The highest BCUT2D eigenvalue weighted by atomic mass is 16.5.